The summed E-state index contributed by atoms with van der Waals surface area (Å²) in [5.41, 5.74) is 2.77. The first kappa shape index (κ1) is 15.6. The van der Waals surface area contributed by atoms with Crippen molar-refractivity contribution in [1.82, 2.24) is 10.3 Å². The summed E-state index contributed by atoms with van der Waals surface area (Å²) in [6.07, 6.45) is 0. The van der Waals surface area contributed by atoms with E-state index in [1.807, 2.05) is 25.3 Å². The van der Waals surface area contributed by atoms with Gasteiger partial charge in [-0.3, -0.25) is 10.1 Å². The molecule has 0 saturated carbocycles. The topological polar surface area (TPSA) is 68.1 Å². The Labute approximate surface area is 128 Å². The van der Waals surface area contributed by atoms with Gasteiger partial charge in [0.05, 0.1) is 11.0 Å². The Morgan fingerprint density at radius 2 is 2.00 bits per heavy atom. The summed E-state index contributed by atoms with van der Waals surface area (Å²) >= 11 is 1.62. The minimum Gasteiger partial charge on any atom is -0.302 e. The van der Waals surface area contributed by atoms with E-state index in [9.17, 15) is 10.1 Å². The van der Waals surface area contributed by atoms with Gasteiger partial charge in [0.1, 0.15) is 5.01 Å². The average Bonchev–Trinajstić information content (AvgIpc) is 2.85. The van der Waals surface area contributed by atoms with Crippen molar-refractivity contribution in [2.24, 2.45) is 0 Å². The van der Waals surface area contributed by atoms with Gasteiger partial charge in [0.2, 0.25) is 0 Å². The predicted molar refractivity (Wildman–Crippen MR) is 84.7 cm³/mol. The molecule has 2 atom stereocenters. The van der Waals surface area contributed by atoms with Crippen molar-refractivity contribution in [3.05, 3.63) is 55.5 Å². The fraction of sp³-hybridized carbons (Fsp3) is 0.400. The molecule has 2 unspecified atom stereocenters. The molecular weight excluding hydrogens is 286 g/mol. The van der Waals surface area contributed by atoms with Crippen LogP contribution in [-0.2, 0) is 0 Å². The van der Waals surface area contributed by atoms with Crippen LogP contribution < -0.4 is 5.32 Å². The lowest BCUT2D eigenvalue weighted by Crippen LogP contribution is -2.22. The molecule has 5 nitrogen and oxygen atoms in total. The SMILES string of the molecule is Cc1csc(C(C)NC(C)c2ccc(C)c([N+](=O)[O-])c2)n1. The normalized spacial score (nSPS) is 13.9. The number of hydrogen-bond donors (Lipinski definition) is 1. The van der Waals surface area contributed by atoms with Crippen molar-refractivity contribution in [3.8, 4) is 0 Å². The van der Waals surface area contributed by atoms with Crippen molar-refractivity contribution < 1.29 is 4.92 Å². The zero-order valence-electron chi connectivity index (χ0n) is 12.6. The van der Waals surface area contributed by atoms with Gasteiger partial charge in [-0.1, -0.05) is 12.1 Å². The second-order valence-corrected chi connectivity index (χ2v) is 6.13. The highest BCUT2D eigenvalue weighted by Crippen LogP contribution is 2.26. The Morgan fingerprint density at radius 3 is 2.57 bits per heavy atom. The maximum Gasteiger partial charge on any atom is 0.272 e. The van der Waals surface area contributed by atoms with E-state index in [2.05, 4.69) is 17.2 Å². The van der Waals surface area contributed by atoms with Gasteiger partial charge < -0.3 is 5.32 Å². The van der Waals surface area contributed by atoms with E-state index >= 15 is 0 Å². The molecule has 0 amide bonds. The third-order valence-corrected chi connectivity index (χ3v) is 4.58. The number of nitrogens with zero attached hydrogens (tertiary/aromatic N) is 2. The molecule has 0 bridgehead atoms. The molecule has 0 aliphatic carbocycles. The van der Waals surface area contributed by atoms with E-state index in [4.69, 9.17) is 0 Å². The lowest BCUT2D eigenvalue weighted by atomic mass is 10.0. The Kier molecular flexibility index (Phi) is 4.69. The third-order valence-electron chi connectivity index (χ3n) is 3.44. The number of aryl methyl sites for hydroxylation is 2. The van der Waals surface area contributed by atoms with Gasteiger partial charge in [-0.25, -0.2) is 4.98 Å². The fourth-order valence-corrected chi connectivity index (χ4v) is 3.02. The molecule has 112 valence electrons. The van der Waals surface area contributed by atoms with Crippen LogP contribution in [0.4, 0.5) is 5.69 Å². The Hall–Kier alpha value is -1.79. The second-order valence-electron chi connectivity index (χ2n) is 5.24. The molecule has 1 N–H and O–H groups in total. The molecule has 1 aromatic carbocycles. The standard InChI is InChI=1S/C15H19N3O2S/c1-9-5-6-13(7-14(9)18(19)20)11(3)17-12(4)15-16-10(2)8-21-15/h5-8,11-12,17H,1-4H3. The van der Waals surface area contributed by atoms with Gasteiger partial charge in [0.15, 0.2) is 0 Å². The molecule has 1 aromatic heterocycles. The van der Waals surface area contributed by atoms with Crippen molar-refractivity contribution in [2.75, 3.05) is 0 Å². The third kappa shape index (κ3) is 3.65. The van der Waals surface area contributed by atoms with Gasteiger partial charge in [0.25, 0.3) is 5.69 Å². The van der Waals surface area contributed by atoms with Crippen LogP contribution >= 0.6 is 11.3 Å². The molecule has 0 saturated heterocycles. The summed E-state index contributed by atoms with van der Waals surface area (Å²) in [4.78, 5) is 15.2. The summed E-state index contributed by atoms with van der Waals surface area (Å²) in [5.74, 6) is 0. The van der Waals surface area contributed by atoms with Gasteiger partial charge in [-0.15, -0.1) is 11.3 Å². The number of nitro groups is 1. The Balaban J connectivity index is 2.15. The van der Waals surface area contributed by atoms with Gasteiger partial charge in [0, 0.05) is 28.7 Å². The molecule has 1 heterocycles. The summed E-state index contributed by atoms with van der Waals surface area (Å²) < 4.78 is 0. The molecule has 0 aliphatic heterocycles. The lowest BCUT2D eigenvalue weighted by Gasteiger charge is -2.19. The molecule has 0 fully saturated rings. The maximum absolute atomic E-state index is 11.0. The Bertz CT molecular complexity index is 654. The minimum absolute atomic E-state index is 0.0171. The Morgan fingerprint density at radius 1 is 1.29 bits per heavy atom. The van der Waals surface area contributed by atoms with Crippen LogP contribution in [0.25, 0.3) is 0 Å². The first-order valence-corrected chi connectivity index (χ1v) is 7.69. The van der Waals surface area contributed by atoms with Crippen LogP contribution in [-0.4, -0.2) is 9.91 Å². The zero-order chi connectivity index (χ0) is 15.6. The average molecular weight is 305 g/mol. The maximum atomic E-state index is 11.0. The molecule has 2 rings (SSSR count). The van der Waals surface area contributed by atoms with Crippen LogP contribution in [0.1, 0.15) is 47.8 Å². The second kappa shape index (κ2) is 6.32. The van der Waals surface area contributed by atoms with E-state index in [0.717, 1.165) is 16.3 Å². The highest BCUT2D eigenvalue weighted by molar-refractivity contribution is 7.09. The number of nitrogens with one attached hydrogen (secondary N) is 1. The molecule has 0 spiro atoms. The van der Waals surface area contributed by atoms with E-state index in [1.165, 1.54) is 0 Å². The van der Waals surface area contributed by atoms with Crippen LogP contribution in [0.15, 0.2) is 23.6 Å². The number of nitro benzene ring substituents is 1. The van der Waals surface area contributed by atoms with Gasteiger partial charge in [-0.05, 0) is 33.3 Å². The van der Waals surface area contributed by atoms with Crippen LogP contribution in [0.2, 0.25) is 0 Å². The number of benzene rings is 1. The van der Waals surface area contributed by atoms with E-state index in [1.54, 1.807) is 30.4 Å². The van der Waals surface area contributed by atoms with E-state index in [0.29, 0.717) is 5.56 Å². The van der Waals surface area contributed by atoms with Crippen molar-refractivity contribution in [2.45, 2.75) is 39.8 Å². The zero-order valence-corrected chi connectivity index (χ0v) is 13.4. The number of aromatic nitrogens is 1. The molecule has 6 heteroatoms. The van der Waals surface area contributed by atoms with Crippen molar-refractivity contribution in [3.63, 3.8) is 0 Å². The summed E-state index contributed by atoms with van der Waals surface area (Å²) in [6.45, 7) is 7.78. The summed E-state index contributed by atoms with van der Waals surface area (Å²) in [7, 11) is 0. The first-order chi connectivity index (χ1) is 9.88. The molecule has 21 heavy (non-hydrogen) atoms. The highest BCUT2D eigenvalue weighted by Gasteiger charge is 2.17. The smallest absolute Gasteiger partial charge is 0.272 e. The number of rotatable bonds is 5. The van der Waals surface area contributed by atoms with Crippen LogP contribution in [0, 0.1) is 24.0 Å². The molecule has 0 aliphatic rings. The van der Waals surface area contributed by atoms with E-state index in [-0.39, 0.29) is 22.7 Å². The van der Waals surface area contributed by atoms with Gasteiger partial charge >= 0.3 is 0 Å². The fourth-order valence-electron chi connectivity index (χ4n) is 2.21. The van der Waals surface area contributed by atoms with E-state index < -0.39 is 0 Å². The monoisotopic (exact) mass is 305 g/mol. The van der Waals surface area contributed by atoms with Crippen molar-refractivity contribution >= 4 is 17.0 Å². The number of thiazole rings is 1. The van der Waals surface area contributed by atoms with Crippen LogP contribution in [0.3, 0.4) is 0 Å². The minimum atomic E-state index is -0.334. The van der Waals surface area contributed by atoms with Crippen LogP contribution in [0.5, 0.6) is 0 Å². The van der Waals surface area contributed by atoms with Gasteiger partial charge in [-0.2, -0.15) is 0 Å². The number of hydrogen-bond acceptors (Lipinski definition) is 5. The predicted octanol–water partition coefficient (Wildman–Crippen LogP) is 4.08. The molecule has 2 aromatic rings. The quantitative estimate of drug-likeness (QED) is 0.667. The van der Waals surface area contributed by atoms with Crippen molar-refractivity contribution in [1.29, 1.82) is 0 Å². The largest absolute Gasteiger partial charge is 0.302 e. The highest BCUT2D eigenvalue weighted by atomic mass is 32.1. The first-order valence-electron chi connectivity index (χ1n) is 6.81. The molecular formula is C15H19N3O2S. The lowest BCUT2D eigenvalue weighted by molar-refractivity contribution is -0.385. The summed E-state index contributed by atoms with van der Waals surface area (Å²) in [5, 5.41) is 17.5. The molecule has 0 radical (unpaired) electrons. The summed E-state index contributed by atoms with van der Waals surface area (Å²) in [6, 6.07) is 5.50.